The van der Waals surface area contributed by atoms with Crippen LogP contribution in [0.5, 0.6) is 0 Å². The number of amides is 1. The average molecular weight is 351 g/mol. The molecule has 27 heavy (non-hydrogen) atoms. The van der Waals surface area contributed by atoms with Crippen LogP contribution in [0.4, 0.5) is 0 Å². The van der Waals surface area contributed by atoms with Crippen LogP contribution in [0.15, 0.2) is 72.8 Å². The first-order valence-electron chi connectivity index (χ1n) is 9.91. The van der Waals surface area contributed by atoms with Crippen molar-refractivity contribution in [2.75, 3.05) is 13.1 Å². The second-order valence-electron chi connectivity index (χ2n) is 7.94. The molecule has 2 nitrogen and oxygen atoms in total. The monoisotopic (exact) mass is 351 g/mol. The lowest BCUT2D eigenvalue weighted by molar-refractivity contribution is -0.133. The van der Waals surface area contributed by atoms with E-state index in [-0.39, 0.29) is 11.8 Å². The van der Waals surface area contributed by atoms with Crippen molar-refractivity contribution in [3.05, 3.63) is 106 Å². The van der Waals surface area contributed by atoms with Crippen LogP contribution in [0.1, 0.15) is 52.1 Å². The third kappa shape index (κ3) is 1.74. The topological polar surface area (TPSA) is 20.3 Å². The molecule has 0 saturated carbocycles. The van der Waals surface area contributed by atoms with Crippen LogP contribution < -0.4 is 0 Å². The lowest BCUT2D eigenvalue weighted by Crippen LogP contribution is -2.53. The average Bonchev–Trinajstić information content (AvgIpc) is 3.27. The molecule has 0 N–H and O–H groups in total. The summed E-state index contributed by atoms with van der Waals surface area (Å²) in [6.45, 7) is 1.74. The first-order valence-corrected chi connectivity index (χ1v) is 9.91. The van der Waals surface area contributed by atoms with E-state index >= 15 is 0 Å². The zero-order valence-corrected chi connectivity index (χ0v) is 15.2. The minimum Gasteiger partial charge on any atom is -0.341 e. The molecule has 3 aliphatic carbocycles. The number of hydrogen-bond acceptors (Lipinski definition) is 1. The van der Waals surface area contributed by atoms with Gasteiger partial charge in [0.05, 0.1) is 0 Å². The Morgan fingerprint density at radius 2 is 1.11 bits per heavy atom. The molecule has 0 spiro atoms. The van der Waals surface area contributed by atoms with Crippen molar-refractivity contribution in [3.63, 3.8) is 0 Å². The highest BCUT2D eigenvalue weighted by atomic mass is 16.2. The minimum absolute atomic E-state index is 0.224. The molecule has 0 radical (unpaired) electrons. The van der Waals surface area contributed by atoms with Crippen LogP contribution >= 0.6 is 0 Å². The highest BCUT2D eigenvalue weighted by Gasteiger charge is 2.57. The maximum absolute atomic E-state index is 14.2. The van der Waals surface area contributed by atoms with Gasteiger partial charge in [-0.25, -0.2) is 0 Å². The number of hydrogen-bond donors (Lipinski definition) is 0. The van der Waals surface area contributed by atoms with Crippen LogP contribution in [0.3, 0.4) is 0 Å². The molecule has 2 heteroatoms. The van der Waals surface area contributed by atoms with Crippen molar-refractivity contribution in [2.24, 2.45) is 0 Å². The third-order valence-electron chi connectivity index (χ3n) is 6.74. The number of carbonyl (C=O) groups is 1. The van der Waals surface area contributed by atoms with Gasteiger partial charge < -0.3 is 4.90 Å². The van der Waals surface area contributed by atoms with Gasteiger partial charge >= 0.3 is 0 Å². The molecule has 0 unspecified atom stereocenters. The Balaban J connectivity index is 1.76. The van der Waals surface area contributed by atoms with Crippen molar-refractivity contribution in [3.8, 4) is 0 Å². The van der Waals surface area contributed by atoms with Gasteiger partial charge in [0.2, 0.25) is 5.91 Å². The molecular weight excluding hydrogens is 330 g/mol. The van der Waals surface area contributed by atoms with Gasteiger partial charge in [0, 0.05) is 19.0 Å². The molecule has 0 aromatic heterocycles. The molecule has 2 bridgehead atoms. The Morgan fingerprint density at radius 1 is 0.704 bits per heavy atom. The first kappa shape index (κ1) is 15.2. The fraction of sp³-hybridized carbons (Fsp3) is 0.240. The largest absolute Gasteiger partial charge is 0.341 e. The van der Waals surface area contributed by atoms with Gasteiger partial charge in [-0.1, -0.05) is 72.8 Å². The van der Waals surface area contributed by atoms with Crippen LogP contribution in [0, 0.1) is 0 Å². The molecule has 4 aliphatic rings. The normalized spacial score (nSPS) is 24.3. The number of carbonyl (C=O) groups excluding carboxylic acids is 1. The lowest BCUT2D eigenvalue weighted by atomic mass is 9.52. The van der Waals surface area contributed by atoms with E-state index in [1.807, 2.05) is 0 Å². The van der Waals surface area contributed by atoms with E-state index in [0.29, 0.717) is 0 Å². The van der Waals surface area contributed by atoms with E-state index in [9.17, 15) is 4.79 Å². The molecule has 7 rings (SSSR count). The minimum atomic E-state index is -0.705. The van der Waals surface area contributed by atoms with Crippen LogP contribution in [0.2, 0.25) is 0 Å². The van der Waals surface area contributed by atoms with E-state index in [2.05, 4.69) is 77.7 Å². The summed E-state index contributed by atoms with van der Waals surface area (Å²) in [5.41, 5.74) is 6.73. The van der Waals surface area contributed by atoms with Crippen LogP contribution in [-0.2, 0) is 10.2 Å². The predicted octanol–water partition coefficient (Wildman–Crippen LogP) is 4.45. The summed E-state index contributed by atoms with van der Waals surface area (Å²) in [6.07, 6.45) is 2.21. The van der Waals surface area contributed by atoms with E-state index in [4.69, 9.17) is 0 Å². The molecule has 1 heterocycles. The Hall–Kier alpha value is -2.87. The third-order valence-corrected chi connectivity index (χ3v) is 6.74. The Bertz CT molecular complexity index is 961. The van der Waals surface area contributed by atoms with E-state index in [1.165, 1.54) is 33.4 Å². The van der Waals surface area contributed by atoms with Crippen molar-refractivity contribution in [1.29, 1.82) is 0 Å². The Morgan fingerprint density at radius 3 is 1.56 bits per heavy atom. The van der Waals surface area contributed by atoms with Gasteiger partial charge in [0.25, 0.3) is 0 Å². The number of nitrogens with zero attached hydrogens (tertiary/aromatic N) is 1. The maximum atomic E-state index is 14.2. The zero-order chi connectivity index (χ0) is 18.0. The summed E-state index contributed by atoms with van der Waals surface area (Å²) in [4.78, 5) is 16.3. The zero-order valence-electron chi connectivity index (χ0n) is 15.2. The molecule has 3 aromatic carbocycles. The first-order chi connectivity index (χ1) is 13.3. The SMILES string of the molecule is O=C(N1CCCC1)C12c3ccccc3C(c3ccccc31)c1ccccc12. The standard InChI is InChI=1S/C25H21NO/c27-24(26-15-7-8-16-26)25-20-12-4-1-9-17(20)23(18-10-2-5-13-21(18)25)19-11-3-6-14-22(19)25/h1-6,9-14,23H,7-8,15-16H2. The van der Waals surface area contributed by atoms with E-state index in [0.717, 1.165) is 25.9 Å². The van der Waals surface area contributed by atoms with Crippen molar-refractivity contribution < 1.29 is 4.79 Å². The summed E-state index contributed by atoms with van der Waals surface area (Å²) in [5.74, 6) is 0.479. The second kappa shape index (κ2) is 5.32. The number of benzene rings is 3. The van der Waals surface area contributed by atoms with Gasteiger partial charge in [-0.05, 0) is 46.2 Å². The van der Waals surface area contributed by atoms with E-state index in [1.54, 1.807) is 0 Å². The molecule has 1 amide bonds. The van der Waals surface area contributed by atoms with Gasteiger partial charge in [-0.15, -0.1) is 0 Å². The molecule has 1 fully saturated rings. The number of rotatable bonds is 1. The second-order valence-corrected chi connectivity index (χ2v) is 7.94. The number of likely N-dealkylation sites (tertiary alicyclic amines) is 1. The smallest absolute Gasteiger partial charge is 0.242 e. The molecule has 0 atom stereocenters. The fourth-order valence-electron chi connectivity index (χ4n) is 5.71. The van der Waals surface area contributed by atoms with Crippen molar-refractivity contribution in [1.82, 2.24) is 4.90 Å². The molecular formula is C25H21NO. The molecule has 1 saturated heterocycles. The van der Waals surface area contributed by atoms with E-state index < -0.39 is 5.41 Å². The molecule has 3 aromatic rings. The van der Waals surface area contributed by atoms with Gasteiger partial charge in [0.15, 0.2) is 0 Å². The van der Waals surface area contributed by atoms with Gasteiger partial charge in [-0.2, -0.15) is 0 Å². The Kier molecular flexibility index (Phi) is 3.00. The fourth-order valence-corrected chi connectivity index (χ4v) is 5.71. The van der Waals surface area contributed by atoms with Crippen LogP contribution in [0.25, 0.3) is 0 Å². The lowest BCUT2D eigenvalue weighted by Gasteiger charge is -2.50. The highest BCUT2D eigenvalue weighted by Crippen LogP contribution is 2.59. The maximum Gasteiger partial charge on any atom is 0.242 e. The molecule has 1 aliphatic heterocycles. The van der Waals surface area contributed by atoms with Gasteiger partial charge in [0.1, 0.15) is 5.41 Å². The van der Waals surface area contributed by atoms with Crippen molar-refractivity contribution in [2.45, 2.75) is 24.2 Å². The summed E-state index contributed by atoms with van der Waals surface area (Å²) in [7, 11) is 0. The summed E-state index contributed by atoms with van der Waals surface area (Å²) < 4.78 is 0. The summed E-state index contributed by atoms with van der Waals surface area (Å²) in [6, 6.07) is 25.8. The quantitative estimate of drug-likeness (QED) is 0.634. The molecule has 132 valence electrons. The Labute approximate surface area is 159 Å². The van der Waals surface area contributed by atoms with Gasteiger partial charge in [-0.3, -0.25) is 4.79 Å². The predicted molar refractivity (Wildman–Crippen MR) is 106 cm³/mol. The summed E-state index contributed by atoms with van der Waals surface area (Å²) in [5, 5.41) is 0. The highest BCUT2D eigenvalue weighted by molar-refractivity contribution is 6.00. The van der Waals surface area contributed by atoms with Crippen LogP contribution in [-0.4, -0.2) is 23.9 Å². The summed E-state index contributed by atoms with van der Waals surface area (Å²) >= 11 is 0. The van der Waals surface area contributed by atoms with Crippen molar-refractivity contribution >= 4 is 5.91 Å².